The highest BCUT2D eigenvalue weighted by molar-refractivity contribution is 6.36. The number of aryl methyl sites for hydroxylation is 1. The molecule has 0 saturated heterocycles. The van der Waals surface area contributed by atoms with E-state index < -0.39 is 5.97 Å². The second kappa shape index (κ2) is 7.02. The van der Waals surface area contributed by atoms with Crippen LogP contribution in [0.5, 0.6) is 0 Å². The molecule has 0 spiro atoms. The maximum absolute atomic E-state index is 10.6. The summed E-state index contributed by atoms with van der Waals surface area (Å²) in [6.07, 6.45) is 4.55. The molecule has 3 aromatic rings. The molecular formula is C19H18Cl2N4O2. The van der Waals surface area contributed by atoms with E-state index in [1.807, 2.05) is 23.9 Å². The number of nitrogens with one attached hydrogen (secondary N) is 1. The molecule has 8 heteroatoms. The van der Waals surface area contributed by atoms with Crippen LogP contribution >= 0.6 is 23.2 Å². The van der Waals surface area contributed by atoms with E-state index in [2.05, 4.69) is 15.3 Å². The number of benzene rings is 1. The summed E-state index contributed by atoms with van der Waals surface area (Å²) in [5, 5.41) is 14.0. The van der Waals surface area contributed by atoms with Crippen LogP contribution in [-0.2, 0) is 11.8 Å². The van der Waals surface area contributed by atoms with Gasteiger partial charge in [0, 0.05) is 46.8 Å². The summed E-state index contributed by atoms with van der Waals surface area (Å²) in [4.78, 5) is 19.5. The summed E-state index contributed by atoms with van der Waals surface area (Å²) >= 11 is 13.0. The fourth-order valence-electron chi connectivity index (χ4n) is 3.56. The van der Waals surface area contributed by atoms with Crippen LogP contribution in [0.4, 0.5) is 5.69 Å². The number of halogens is 2. The van der Waals surface area contributed by atoms with Crippen molar-refractivity contribution in [2.75, 3.05) is 11.9 Å². The van der Waals surface area contributed by atoms with Crippen LogP contribution in [0.1, 0.15) is 35.9 Å². The number of carboxylic acids is 1. The molecule has 1 aromatic carbocycles. The van der Waals surface area contributed by atoms with Crippen LogP contribution in [0, 0.1) is 0 Å². The first-order chi connectivity index (χ1) is 13.0. The fourth-order valence-corrected chi connectivity index (χ4v) is 4.33. The van der Waals surface area contributed by atoms with Gasteiger partial charge >= 0.3 is 5.97 Å². The third-order valence-corrected chi connectivity index (χ3v) is 5.58. The van der Waals surface area contributed by atoms with E-state index in [1.54, 1.807) is 18.5 Å². The lowest BCUT2D eigenvalue weighted by Gasteiger charge is -2.11. The van der Waals surface area contributed by atoms with Crippen molar-refractivity contribution in [3.05, 3.63) is 52.0 Å². The monoisotopic (exact) mass is 404 g/mol. The van der Waals surface area contributed by atoms with Crippen LogP contribution in [0.2, 0.25) is 10.0 Å². The average molecular weight is 405 g/mol. The second-order valence-electron chi connectivity index (χ2n) is 6.80. The lowest BCUT2D eigenvalue weighted by Crippen LogP contribution is -2.07. The van der Waals surface area contributed by atoms with Gasteiger partial charge < -0.3 is 15.0 Å². The average Bonchev–Trinajstić information content (AvgIpc) is 3.29. The van der Waals surface area contributed by atoms with Gasteiger partial charge in [-0.25, -0.2) is 9.97 Å². The van der Waals surface area contributed by atoms with E-state index in [1.165, 1.54) is 0 Å². The Kier molecular flexibility index (Phi) is 4.70. The third kappa shape index (κ3) is 3.47. The number of nitrogens with zero attached hydrogens (tertiary/aromatic N) is 3. The van der Waals surface area contributed by atoms with Crippen molar-refractivity contribution in [1.82, 2.24) is 14.5 Å². The predicted octanol–water partition coefficient (Wildman–Crippen LogP) is 4.43. The molecular weight excluding hydrogens is 387 g/mol. The highest BCUT2D eigenvalue weighted by Gasteiger charge is 2.44. The van der Waals surface area contributed by atoms with E-state index in [4.69, 9.17) is 28.3 Å². The summed E-state index contributed by atoms with van der Waals surface area (Å²) in [5.74, 6) is -0.371. The Morgan fingerprint density at radius 3 is 2.74 bits per heavy atom. The molecule has 0 amide bonds. The normalized spacial score (nSPS) is 18.6. The van der Waals surface area contributed by atoms with Crippen molar-refractivity contribution in [3.8, 4) is 0 Å². The van der Waals surface area contributed by atoms with Gasteiger partial charge in [0.25, 0.3) is 0 Å². The maximum atomic E-state index is 10.6. The highest BCUT2D eigenvalue weighted by Crippen LogP contribution is 2.58. The first-order valence-electron chi connectivity index (χ1n) is 8.66. The van der Waals surface area contributed by atoms with Crippen molar-refractivity contribution < 1.29 is 9.90 Å². The molecule has 2 unspecified atom stereocenters. The van der Waals surface area contributed by atoms with Crippen molar-refractivity contribution in [1.29, 1.82) is 0 Å². The standard InChI is InChI=1S/C19H18Cl2N4O2/c1-25-5-3-11-18(23-9-24-19(11)25)13-8-12(13)17-14(20)6-10(7-15(17)21)22-4-2-16(26)27/h3,5-7,9,12-13,22H,2,4,8H2,1H3,(H,26,27). The van der Waals surface area contributed by atoms with Crippen molar-refractivity contribution in [2.24, 2.45) is 7.05 Å². The number of hydrogen-bond acceptors (Lipinski definition) is 4. The molecule has 1 fully saturated rings. The Hall–Kier alpha value is -2.31. The quantitative estimate of drug-likeness (QED) is 0.634. The zero-order chi connectivity index (χ0) is 19.1. The minimum Gasteiger partial charge on any atom is -0.481 e. The SMILES string of the molecule is Cn1ccc2c(C3CC3c3c(Cl)cc(NCCC(=O)O)cc3Cl)ncnc21. The molecule has 2 heterocycles. The van der Waals surface area contributed by atoms with E-state index >= 15 is 0 Å². The number of carbonyl (C=O) groups is 1. The minimum absolute atomic E-state index is 0.0302. The van der Waals surface area contributed by atoms with Crippen LogP contribution in [0.3, 0.4) is 0 Å². The Labute approximate surface area is 166 Å². The largest absolute Gasteiger partial charge is 0.481 e. The van der Waals surface area contributed by atoms with Gasteiger partial charge in [-0.3, -0.25) is 4.79 Å². The summed E-state index contributed by atoms with van der Waals surface area (Å²) < 4.78 is 1.98. The number of hydrogen-bond donors (Lipinski definition) is 2. The van der Waals surface area contributed by atoms with Gasteiger partial charge in [0.05, 0.1) is 12.1 Å². The lowest BCUT2D eigenvalue weighted by molar-refractivity contribution is -0.136. The molecule has 1 aliphatic carbocycles. The van der Waals surface area contributed by atoms with Gasteiger partial charge in [0.2, 0.25) is 0 Å². The summed E-state index contributed by atoms with van der Waals surface area (Å²) in [5.41, 5.74) is 3.59. The molecule has 2 atom stereocenters. The first-order valence-corrected chi connectivity index (χ1v) is 9.42. The van der Waals surface area contributed by atoms with E-state index in [9.17, 15) is 4.79 Å². The predicted molar refractivity (Wildman–Crippen MR) is 106 cm³/mol. The number of anilines is 1. The van der Waals surface area contributed by atoms with E-state index in [0.29, 0.717) is 16.6 Å². The third-order valence-electron chi connectivity index (χ3n) is 4.95. The zero-order valence-corrected chi connectivity index (χ0v) is 16.1. The van der Waals surface area contributed by atoms with Crippen molar-refractivity contribution >= 4 is 45.9 Å². The summed E-state index contributed by atoms with van der Waals surface area (Å²) in [6.45, 7) is 0.320. The molecule has 6 nitrogen and oxygen atoms in total. The van der Waals surface area contributed by atoms with Gasteiger partial charge in [0.1, 0.15) is 12.0 Å². The Morgan fingerprint density at radius 1 is 1.30 bits per heavy atom. The molecule has 1 aliphatic rings. The topological polar surface area (TPSA) is 80.0 Å². The van der Waals surface area contributed by atoms with Crippen molar-refractivity contribution in [2.45, 2.75) is 24.7 Å². The minimum atomic E-state index is -0.853. The molecule has 0 aliphatic heterocycles. The van der Waals surface area contributed by atoms with E-state index in [0.717, 1.165) is 34.4 Å². The Balaban J connectivity index is 1.57. The number of aliphatic carboxylic acids is 1. The molecule has 2 aromatic heterocycles. The van der Waals surface area contributed by atoms with Gasteiger partial charge in [-0.2, -0.15) is 0 Å². The lowest BCUT2D eigenvalue weighted by atomic mass is 10.1. The van der Waals surface area contributed by atoms with Gasteiger partial charge in [-0.1, -0.05) is 23.2 Å². The molecule has 1 saturated carbocycles. The number of rotatable bonds is 6. The van der Waals surface area contributed by atoms with Gasteiger partial charge in [0.15, 0.2) is 0 Å². The first kappa shape index (κ1) is 18.1. The summed E-state index contributed by atoms with van der Waals surface area (Å²) in [7, 11) is 1.97. The molecule has 27 heavy (non-hydrogen) atoms. The second-order valence-corrected chi connectivity index (χ2v) is 7.61. The number of carboxylic acid groups (broad SMARTS) is 1. The van der Waals surface area contributed by atoms with Gasteiger partial charge in [-0.15, -0.1) is 0 Å². The molecule has 4 rings (SSSR count). The fraction of sp³-hybridized carbons (Fsp3) is 0.316. The Bertz CT molecular complexity index is 1010. The summed E-state index contributed by atoms with van der Waals surface area (Å²) in [6, 6.07) is 5.65. The Morgan fingerprint density at radius 2 is 2.04 bits per heavy atom. The van der Waals surface area contributed by atoms with Crippen molar-refractivity contribution in [3.63, 3.8) is 0 Å². The highest BCUT2D eigenvalue weighted by atomic mass is 35.5. The van der Waals surface area contributed by atoms with Crippen LogP contribution in [0.25, 0.3) is 11.0 Å². The zero-order valence-electron chi connectivity index (χ0n) is 14.6. The van der Waals surface area contributed by atoms with Crippen LogP contribution in [0.15, 0.2) is 30.7 Å². The molecule has 140 valence electrons. The number of fused-ring (bicyclic) bond motifs is 1. The van der Waals surface area contributed by atoms with Crippen LogP contribution < -0.4 is 5.32 Å². The smallest absolute Gasteiger partial charge is 0.305 e. The molecule has 0 bridgehead atoms. The van der Waals surface area contributed by atoms with Gasteiger partial charge in [-0.05, 0) is 36.1 Å². The molecule has 2 N–H and O–H groups in total. The number of aromatic nitrogens is 3. The maximum Gasteiger partial charge on any atom is 0.305 e. The molecule has 0 radical (unpaired) electrons. The van der Waals surface area contributed by atoms with E-state index in [-0.39, 0.29) is 18.3 Å². The van der Waals surface area contributed by atoms with Crippen LogP contribution in [-0.4, -0.2) is 32.2 Å².